The van der Waals surface area contributed by atoms with Crippen molar-refractivity contribution in [3.05, 3.63) is 12.3 Å². The van der Waals surface area contributed by atoms with Gasteiger partial charge in [-0.25, -0.2) is 0 Å². The van der Waals surface area contributed by atoms with Gasteiger partial charge in [-0.3, -0.25) is 0 Å². The molecule has 0 rings (SSSR count). The van der Waals surface area contributed by atoms with E-state index in [1.165, 1.54) is 0 Å². The summed E-state index contributed by atoms with van der Waals surface area (Å²) in [7, 11) is 0. The first-order valence-electron chi connectivity index (χ1n) is 1.66. The summed E-state index contributed by atoms with van der Waals surface area (Å²) in [5.41, 5.74) is 7.14. The summed E-state index contributed by atoms with van der Waals surface area (Å²) >= 11 is 0. The smallest absolute Gasteiger partial charge is 0.0239 e. The van der Waals surface area contributed by atoms with Crippen molar-refractivity contribution < 1.29 is 0 Å². The van der Waals surface area contributed by atoms with E-state index < -0.39 is 0 Å². The largest absolute Gasteiger partial charge is 0.306 e. The van der Waals surface area contributed by atoms with E-state index in [9.17, 15) is 0 Å². The molecule has 0 saturated heterocycles. The molecule has 0 fully saturated rings. The van der Waals surface area contributed by atoms with Crippen LogP contribution in [0.15, 0.2) is 12.3 Å². The first-order chi connectivity index (χ1) is 2.27. The van der Waals surface area contributed by atoms with Gasteiger partial charge < -0.3 is 5.73 Å². The number of hydrogen-bond donors (Lipinski definition) is 0. The minimum Gasteiger partial charge on any atom is -0.306 e. The summed E-state index contributed by atoms with van der Waals surface area (Å²) in [5, 5.41) is 0. The van der Waals surface area contributed by atoms with Crippen LogP contribution in [-0.2, 0) is 0 Å². The summed E-state index contributed by atoms with van der Waals surface area (Å²) in [6.45, 7) is 5.25. The van der Waals surface area contributed by atoms with Crippen LogP contribution in [0.4, 0.5) is 0 Å². The molecule has 0 aliphatic rings. The predicted octanol–water partition coefficient (Wildman–Crippen LogP) is 1.19. The van der Waals surface area contributed by atoms with Crippen LogP contribution in [0.2, 0.25) is 0 Å². The quantitative estimate of drug-likeness (QED) is 0.442. The van der Waals surface area contributed by atoms with Crippen LogP contribution in [0.5, 0.6) is 0 Å². The van der Waals surface area contributed by atoms with Gasteiger partial charge in [0.25, 0.3) is 0 Å². The van der Waals surface area contributed by atoms with Gasteiger partial charge in [-0.1, -0.05) is 13.5 Å². The van der Waals surface area contributed by atoms with Crippen molar-refractivity contribution >= 4 is 0 Å². The summed E-state index contributed by atoms with van der Waals surface area (Å²) in [5.74, 6) is 0. The number of hydrogen-bond acceptors (Lipinski definition) is 0. The van der Waals surface area contributed by atoms with Gasteiger partial charge in [0.2, 0.25) is 0 Å². The van der Waals surface area contributed by atoms with Crippen molar-refractivity contribution in [2.75, 3.05) is 0 Å². The van der Waals surface area contributed by atoms with Crippen molar-refractivity contribution in [1.82, 2.24) is 5.73 Å². The zero-order valence-corrected chi connectivity index (χ0v) is 3.41. The van der Waals surface area contributed by atoms with Gasteiger partial charge in [-0.15, -0.1) is 0 Å². The van der Waals surface area contributed by atoms with Crippen molar-refractivity contribution in [2.24, 2.45) is 0 Å². The Kier molecular flexibility index (Phi) is 1.65. The van der Waals surface area contributed by atoms with Gasteiger partial charge in [0.1, 0.15) is 0 Å². The van der Waals surface area contributed by atoms with Gasteiger partial charge in [-0.05, 0) is 6.42 Å². The monoisotopic (exact) mass is 70.1 g/mol. The molecule has 0 heterocycles. The summed E-state index contributed by atoms with van der Waals surface area (Å²) in [6.07, 6.45) is 0.778. The van der Waals surface area contributed by atoms with Gasteiger partial charge in [-0.2, -0.15) is 0 Å². The maximum Gasteiger partial charge on any atom is 0.0239 e. The molecule has 0 saturated carbocycles. The average Bonchev–Trinajstić information content (AvgIpc) is 1.38. The zero-order valence-electron chi connectivity index (χ0n) is 3.41. The van der Waals surface area contributed by atoms with E-state index in [0.29, 0.717) is 5.70 Å². The second-order valence-electron chi connectivity index (χ2n) is 0.957. The summed E-state index contributed by atoms with van der Waals surface area (Å²) in [4.78, 5) is 0. The van der Waals surface area contributed by atoms with Gasteiger partial charge in [0.15, 0.2) is 0 Å². The first kappa shape index (κ1) is 4.54. The molecule has 0 aromatic carbocycles. The topological polar surface area (TPSA) is 23.8 Å². The van der Waals surface area contributed by atoms with Crippen LogP contribution >= 0.6 is 0 Å². The van der Waals surface area contributed by atoms with E-state index in [-0.39, 0.29) is 0 Å². The van der Waals surface area contributed by atoms with E-state index in [0.717, 1.165) is 6.42 Å². The molecule has 0 aromatic rings. The molecule has 1 radical (unpaired) electrons. The van der Waals surface area contributed by atoms with Crippen LogP contribution in [0.3, 0.4) is 0 Å². The highest BCUT2D eigenvalue weighted by Gasteiger charge is 1.69. The Morgan fingerprint density at radius 2 is 2.20 bits per heavy atom. The van der Waals surface area contributed by atoms with E-state index >= 15 is 0 Å². The lowest BCUT2D eigenvalue weighted by atomic mass is 10.4. The molecule has 1 heteroatoms. The Morgan fingerprint density at radius 1 is 2.00 bits per heavy atom. The lowest BCUT2D eigenvalue weighted by Crippen LogP contribution is -1.70. The minimum absolute atomic E-state index is 0.505. The Bertz CT molecular complexity index is 38.9. The molecule has 0 spiro atoms. The van der Waals surface area contributed by atoms with Gasteiger partial charge in [0.05, 0.1) is 0 Å². The molecule has 5 heavy (non-hydrogen) atoms. The van der Waals surface area contributed by atoms with Gasteiger partial charge in [0, 0.05) is 5.70 Å². The molecule has 29 valence electrons. The second-order valence-corrected chi connectivity index (χ2v) is 0.957. The maximum atomic E-state index is 6.63. The molecule has 0 atom stereocenters. The van der Waals surface area contributed by atoms with Crippen LogP contribution in [0.1, 0.15) is 13.3 Å². The number of rotatable bonds is 1. The zero-order chi connectivity index (χ0) is 4.28. The molecular weight excluding hydrogens is 62.1 g/mol. The highest BCUT2D eigenvalue weighted by atomic mass is 14.5. The van der Waals surface area contributed by atoms with E-state index in [1.54, 1.807) is 0 Å². The summed E-state index contributed by atoms with van der Waals surface area (Å²) in [6, 6.07) is 0. The van der Waals surface area contributed by atoms with E-state index in [2.05, 4.69) is 6.58 Å². The highest BCUT2D eigenvalue weighted by Crippen LogP contribution is 1.82. The van der Waals surface area contributed by atoms with Crippen molar-refractivity contribution in [2.45, 2.75) is 13.3 Å². The third-order valence-electron chi connectivity index (χ3n) is 0.427. The molecule has 1 N–H and O–H groups in total. The van der Waals surface area contributed by atoms with Crippen LogP contribution in [0.25, 0.3) is 0 Å². The standard InChI is InChI=1S/C4H8N/c1-3-4(2)5/h5H,2-3H2,1H3. The van der Waals surface area contributed by atoms with Gasteiger partial charge >= 0.3 is 0 Å². The van der Waals surface area contributed by atoms with Crippen LogP contribution in [-0.4, -0.2) is 0 Å². The van der Waals surface area contributed by atoms with Crippen LogP contribution in [0, 0.1) is 0 Å². The predicted molar refractivity (Wildman–Crippen MR) is 22.5 cm³/mol. The Hall–Kier alpha value is -0.460. The second kappa shape index (κ2) is 1.82. The Morgan fingerprint density at radius 3 is 2.20 bits per heavy atom. The molecule has 0 aliphatic heterocycles. The summed E-state index contributed by atoms with van der Waals surface area (Å²) < 4.78 is 0. The fraction of sp³-hybridized carbons (Fsp3) is 0.500. The van der Waals surface area contributed by atoms with Crippen molar-refractivity contribution in [1.29, 1.82) is 0 Å². The number of allylic oxidation sites excluding steroid dienone is 1. The molecule has 1 nitrogen and oxygen atoms in total. The minimum atomic E-state index is 0.505. The Labute approximate surface area is 32.5 Å². The molecule has 0 unspecified atom stereocenters. The third-order valence-corrected chi connectivity index (χ3v) is 0.427. The van der Waals surface area contributed by atoms with E-state index in [4.69, 9.17) is 5.73 Å². The van der Waals surface area contributed by atoms with E-state index in [1.807, 2.05) is 6.92 Å². The molecule has 0 aromatic heterocycles. The fourth-order valence-electron chi connectivity index (χ4n) is 0. The lowest BCUT2D eigenvalue weighted by Gasteiger charge is -1.78. The fourth-order valence-corrected chi connectivity index (χ4v) is 0. The van der Waals surface area contributed by atoms with Crippen molar-refractivity contribution in [3.63, 3.8) is 0 Å². The molecule has 0 bridgehead atoms. The van der Waals surface area contributed by atoms with Crippen molar-refractivity contribution in [3.8, 4) is 0 Å². The third kappa shape index (κ3) is 3.54. The Balaban J connectivity index is 2.85. The highest BCUT2D eigenvalue weighted by molar-refractivity contribution is 4.81. The molecular formula is C4H8N. The average molecular weight is 70.1 g/mol. The number of nitrogens with one attached hydrogen (secondary N) is 1. The first-order valence-corrected chi connectivity index (χ1v) is 1.66. The maximum absolute atomic E-state index is 6.63. The molecule has 0 amide bonds. The molecule has 0 aliphatic carbocycles. The van der Waals surface area contributed by atoms with Crippen LogP contribution < -0.4 is 5.73 Å². The SMILES string of the molecule is C=C([NH])CC. The normalized spacial score (nSPS) is 7.40. The lowest BCUT2D eigenvalue weighted by molar-refractivity contribution is 1.06.